The van der Waals surface area contributed by atoms with Crippen molar-refractivity contribution in [2.75, 3.05) is 0 Å². The molecule has 0 saturated heterocycles. The summed E-state index contributed by atoms with van der Waals surface area (Å²) in [4.78, 5) is 0. The Hall–Kier alpha value is 0.470. The zero-order chi connectivity index (χ0) is 8.57. The van der Waals surface area contributed by atoms with Crippen molar-refractivity contribution < 1.29 is 10.2 Å². The van der Waals surface area contributed by atoms with Crippen molar-refractivity contribution in [2.24, 2.45) is 5.73 Å². The van der Waals surface area contributed by atoms with Gasteiger partial charge >= 0.3 is 29.6 Å². The molecular formula is C3H7N2NaO2S3. The summed E-state index contributed by atoms with van der Waals surface area (Å²) in [6.07, 6.45) is 0. The quantitative estimate of drug-likeness (QED) is 0.352. The Kier molecular flexibility index (Phi) is 20.9. The van der Waals surface area contributed by atoms with Crippen molar-refractivity contribution in [3.63, 3.8) is 0 Å². The van der Waals surface area contributed by atoms with Gasteiger partial charge in [0.1, 0.15) is 0 Å². The van der Waals surface area contributed by atoms with Gasteiger partial charge in [-0.25, -0.2) is 0 Å². The Labute approximate surface area is 102 Å². The predicted molar refractivity (Wildman–Crippen MR) is 58.6 cm³/mol. The Morgan fingerprint density at radius 1 is 1.36 bits per heavy atom. The molecule has 0 rings (SSSR count). The van der Waals surface area contributed by atoms with Crippen LogP contribution in [-0.4, -0.2) is 55.6 Å². The SMILES string of the molecule is NC(O)=S.OC(=S)NC=S.[NaH]. The fourth-order valence-corrected chi connectivity index (χ4v) is 0.296. The molecule has 0 aromatic carbocycles. The van der Waals surface area contributed by atoms with Crippen molar-refractivity contribution in [3.05, 3.63) is 0 Å². The van der Waals surface area contributed by atoms with E-state index in [1.807, 2.05) is 0 Å². The van der Waals surface area contributed by atoms with E-state index in [0.29, 0.717) is 0 Å². The van der Waals surface area contributed by atoms with E-state index in [2.05, 4.69) is 47.7 Å². The minimum absolute atomic E-state index is 0. The molecule has 0 aliphatic carbocycles. The molecule has 0 spiro atoms. The van der Waals surface area contributed by atoms with Crippen LogP contribution in [0.15, 0.2) is 0 Å². The number of aliphatic hydroxyl groups excluding tert-OH is 2. The van der Waals surface area contributed by atoms with Gasteiger partial charge in [-0.15, -0.1) is 0 Å². The molecule has 11 heavy (non-hydrogen) atoms. The molecule has 0 saturated carbocycles. The first-order valence-corrected chi connectivity index (χ1v) is 3.21. The summed E-state index contributed by atoms with van der Waals surface area (Å²) < 4.78 is 0. The second-order valence-corrected chi connectivity index (χ2v) is 1.95. The number of nitrogens with two attached hydrogens (primary N) is 1. The van der Waals surface area contributed by atoms with Gasteiger partial charge in [0.2, 0.25) is 0 Å². The standard InChI is InChI=1S/C2H3NOS2.CH3NOS.Na.H/c4-2(6)3-1-5;2-1(3)4;;/h1H,(H2,3,4,5,6);(H3,2,3,4);;. The zero-order valence-corrected chi connectivity index (χ0v) is 7.22. The topological polar surface area (TPSA) is 78.5 Å². The van der Waals surface area contributed by atoms with Gasteiger partial charge in [-0.2, -0.15) is 0 Å². The van der Waals surface area contributed by atoms with Crippen LogP contribution in [0.25, 0.3) is 0 Å². The molecular weight excluding hydrogens is 215 g/mol. The number of hydrogen-bond donors (Lipinski definition) is 4. The van der Waals surface area contributed by atoms with Gasteiger partial charge < -0.3 is 21.3 Å². The molecule has 0 aliphatic heterocycles. The van der Waals surface area contributed by atoms with Crippen LogP contribution in [0.1, 0.15) is 0 Å². The van der Waals surface area contributed by atoms with Crippen molar-refractivity contribution in [1.29, 1.82) is 0 Å². The normalized spacial score (nSPS) is 5.82. The van der Waals surface area contributed by atoms with Crippen LogP contribution in [0.5, 0.6) is 0 Å². The molecule has 0 aliphatic rings. The van der Waals surface area contributed by atoms with Gasteiger partial charge in [-0.05, 0) is 24.4 Å². The molecule has 0 aromatic heterocycles. The summed E-state index contributed by atoms with van der Waals surface area (Å²) in [6, 6.07) is 0. The van der Waals surface area contributed by atoms with E-state index in [9.17, 15) is 0 Å². The van der Waals surface area contributed by atoms with Gasteiger partial charge in [-0.3, -0.25) is 0 Å². The second kappa shape index (κ2) is 13.1. The Bertz CT molecular complexity index is 139. The molecule has 0 bridgehead atoms. The van der Waals surface area contributed by atoms with Crippen molar-refractivity contribution >= 4 is 82.1 Å². The molecule has 5 N–H and O–H groups in total. The number of hydrogen-bond acceptors (Lipinski definition) is 3. The van der Waals surface area contributed by atoms with Crippen molar-refractivity contribution in [2.45, 2.75) is 0 Å². The fraction of sp³-hybridized carbons (Fsp3) is 0. The maximum absolute atomic E-state index is 8.07. The zero-order valence-electron chi connectivity index (χ0n) is 4.77. The van der Waals surface area contributed by atoms with Crippen LogP contribution < -0.4 is 11.1 Å². The van der Waals surface area contributed by atoms with E-state index in [-0.39, 0.29) is 34.7 Å². The monoisotopic (exact) mass is 222 g/mol. The number of aliphatic hydroxyl groups is 2. The molecule has 0 unspecified atom stereocenters. The van der Waals surface area contributed by atoms with Crippen LogP contribution in [0.2, 0.25) is 0 Å². The summed E-state index contributed by atoms with van der Waals surface area (Å²) in [5, 5.41) is 17.0. The van der Waals surface area contributed by atoms with E-state index in [1.165, 1.54) is 0 Å². The predicted octanol–water partition coefficient (Wildman–Crippen LogP) is -0.484. The van der Waals surface area contributed by atoms with E-state index in [4.69, 9.17) is 10.2 Å². The molecule has 60 valence electrons. The maximum atomic E-state index is 8.07. The van der Waals surface area contributed by atoms with E-state index in [0.717, 1.165) is 5.49 Å². The van der Waals surface area contributed by atoms with Gasteiger partial charge in [0.05, 0.1) is 5.49 Å². The van der Waals surface area contributed by atoms with E-state index >= 15 is 0 Å². The summed E-state index contributed by atoms with van der Waals surface area (Å²) in [5.41, 5.74) is 5.54. The average Bonchev–Trinajstić information content (AvgIpc) is 1.62. The first-order valence-electron chi connectivity index (χ1n) is 1.92. The molecule has 8 heteroatoms. The van der Waals surface area contributed by atoms with Crippen LogP contribution in [0, 0.1) is 0 Å². The minimum atomic E-state index is -0.500. The summed E-state index contributed by atoms with van der Waals surface area (Å²) >= 11 is 12.3. The summed E-state index contributed by atoms with van der Waals surface area (Å²) in [5.74, 6) is 0. The molecule has 0 radical (unpaired) electrons. The van der Waals surface area contributed by atoms with Gasteiger partial charge in [0.15, 0.2) is 0 Å². The molecule has 0 aromatic rings. The third-order valence-corrected chi connectivity index (χ3v) is 0.418. The van der Waals surface area contributed by atoms with Crippen molar-refractivity contribution in [1.82, 2.24) is 5.32 Å². The number of nitrogens with one attached hydrogen (secondary N) is 1. The second-order valence-electron chi connectivity index (χ2n) is 0.906. The first kappa shape index (κ1) is 17.5. The molecule has 0 heterocycles. The van der Waals surface area contributed by atoms with Crippen LogP contribution >= 0.6 is 36.7 Å². The van der Waals surface area contributed by atoms with Gasteiger partial charge in [0, 0.05) is 0 Å². The number of rotatable bonds is 1. The third kappa shape index (κ3) is 62.4. The molecule has 0 atom stereocenters. The Balaban J connectivity index is -0.000000114. The average molecular weight is 222 g/mol. The Morgan fingerprint density at radius 3 is 1.64 bits per heavy atom. The van der Waals surface area contributed by atoms with Crippen LogP contribution in [0.4, 0.5) is 0 Å². The molecule has 0 amide bonds. The molecule has 4 nitrogen and oxygen atoms in total. The fourth-order valence-electron chi connectivity index (χ4n) is 0.0504. The Morgan fingerprint density at radius 2 is 1.64 bits per heavy atom. The van der Waals surface area contributed by atoms with E-state index < -0.39 is 5.17 Å². The first-order chi connectivity index (χ1) is 4.50. The van der Waals surface area contributed by atoms with Crippen molar-refractivity contribution in [3.8, 4) is 0 Å². The molecule has 0 fully saturated rings. The summed E-state index contributed by atoms with van der Waals surface area (Å²) in [7, 11) is 0. The van der Waals surface area contributed by atoms with E-state index in [1.54, 1.807) is 0 Å². The van der Waals surface area contributed by atoms with Crippen LogP contribution in [0.3, 0.4) is 0 Å². The van der Waals surface area contributed by atoms with Gasteiger partial charge in [-0.1, -0.05) is 12.2 Å². The van der Waals surface area contributed by atoms with Gasteiger partial charge in [0.25, 0.3) is 10.3 Å². The third-order valence-electron chi connectivity index (χ3n) is 0.182. The summed E-state index contributed by atoms with van der Waals surface area (Å²) in [6.45, 7) is 0. The number of thiocarbonyl (C=S) groups is 3. The van der Waals surface area contributed by atoms with Crippen LogP contribution in [-0.2, 0) is 0 Å².